The Bertz CT molecular complexity index is 603. The van der Waals surface area contributed by atoms with Crippen molar-refractivity contribution in [1.29, 1.82) is 0 Å². The number of nitrogens with one attached hydrogen (secondary N) is 2. The first-order chi connectivity index (χ1) is 10.1. The second kappa shape index (κ2) is 5.26. The highest BCUT2D eigenvalue weighted by Crippen LogP contribution is 2.42. The van der Waals surface area contributed by atoms with Crippen LogP contribution >= 0.6 is 11.8 Å². The van der Waals surface area contributed by atoms with E-state index in [0.717, 1.165) is 24.1 Å². The topological polar surface area (TPSA) is 56.7 Å². The summed E-state index contributed by atoms with van der Waals surface area (Å²) in [5.41, 5.74) is 1.65. The Labute approximate surface area is 129 Å². The molecule has 2 aliphatic rings. The van der Waals surface area contributed by atoms with Crippen LogP contribution in [0.15, 0.2) is 29.4 Å². The van der Waals surface area contributed by atoms with Gasteiger partial charge in [0.15, 0.2) is 11.2 Å². The van der Waals surface area contributed by atoms with E-state index in [-0.39, 0.29) is 17.6 Å². The SMILES string of the molecule is CCCC1(C)Nc2ccccc2C2C(=O)NC(SC)=NN21. The second-order valence-corrected chi connectivity index (χ2v) is 6.38. The van der Waals surface area contributed by atoms with Gasteiger partial charge in [-0.05, 0) is 25.7 Å². The highest BCUT2D eigenvalue weighted by atomic mass is 32.2. The van der Waals surface area contributed by atoms with E-state index in [1.807, 2.05) is 35.5 Å². The van der Waals surface area contributed by atoms with Crippen LogP contribution in [0.5, 0.6) is 0 Å². The molecule has 5 nitrogen and oxygen atoms in total. The summed E-state index contributed by atoms with van der Waals surface area (Å²) in [4.78, 5) is 12.6. The first kappa shape index (κ1) is 14.3. The summed E-state index contributed by atoms with van der Waals surface area (Å²) in [6, 6.07) is 7.61. The number of carbonyl (C=O) groups is 1. The van der Waals surface area contributed by atoms with Crippen LogP contribution in [-0.4, -0.2) is 28.0 Å². The van der Waals surface area contributed by atoms with Crippen molar-refractivity contribution in [1.82, 2.24) is 10.3 Å². The van der Waals surface area contributed by atoms with E-state index < -0.39 is 0 Å². The van der Waals surface area contributed by atoms with Crippen LogP contribution in [-0.2, 0) is 4.79 Å². The lowest BCUT2D eigenvalue weighted by Gasteiger charge is -2.50. The van der Waals surface area contributed by atoms with Crippen LogP contribution in [0, 0.1) is 0 Å². The number of hydrogen-bond acceptors (Lipinski definition) is 5. The minimum atomic E-state index is -0.366. The maximum atomic E-state index is 12.6. The Morgan fingerprint density at radius 2 is 2.19 bits per heavy atom. The molecule has 0 fully saturated rings. The molecule has 1 amide bonds. The van der Waals surface area contributed by atoms with Crippen LogP contribution in [0.1, 0.15) is 38.3 Å². The summed E-state index contributed by atoms with van der Waals surface area (Å²) in [5.74, 6) is -0.00868. The van der Waals surface area contributed by atoms with E-state index in [0.29, 0.717) is 5.17 Å². The molecule has 2 N–H and O–H groups in total. The molecule has 2 heterocycles. The highest BCUT2D eigenvalue weighted by molar-refractivity contribution is 8.13. The number of benzene rings is 1. The van der Waals surface area contributed by atoms with Gasteiger partial charge in [-0.15, -0.1) is 5.10 Å². The summed E-state index contributed by atoms with van der Waals surface area (Å²) in [7, 11) is 0. The van der Waals surface area contributed by atoms with Gasteiger partial charge < -0.3 is 10.6 Å². The minimum absolute atomic E-state index is 0.00868. The maximum Gasteiger partial charge on any atom is 0.255 e. The molecule has 2 atom stereocenters. The van der Waals surface area contributed by atoms with E-state index in [1.54, 1.807) is 0 Å². The number of amides is 1. The largest absolute Gasteiger partial charge is 0.361 e. The molecule has 0 radical (unpaired) electrons. The number of carbonyl (C=O) groups excluding carboxylic acids is 1. The number of para-hydroxylation sites is 1. The van der Waals surface area contributed by atoms with Gasteiger partial charge in [0.05, 0.1) is 0 Å². The average Bonchev–Trinajstić information content (AvgIpc) is 2.47. The molecule has 0 saturated carbocycles. The van der Waals surface area contributed by atoms with Crippen LogP contribution < -0.4 is 10.6 Å². The zero-order valence-electron chi connectivity index (χ0n) is 12.5. The molecule has 0 saturated heterocycles. The van der Waals surface area contributed by atoms with Crippen LogP contribution in [0.4, 0.5) is 5.69 Å². The fourth-order valence-electron chi connectivity index (χ4n) is 3.09. The molecule has 0 spiro atoms. The normalized spacial score (nSPS) is 27.2. The van der Waals surface area contributed by atoms with E-state index in [9.17, 15) is 4.79 Å². The van der Waals surface area contributed by atoms with E-state index in [4.69, 9.17) is 0 Å². The molecule has 112 valence electrons. The number of hydrazone groups is 1. The fraction of sp³-hybridized carbons (Fsp3) is 0.467. The van der Waals surface area contributed by atoms with Gasteiger partial charge in [-0.3, -0.25) is 9.80 Å². The van der Waals surface area contributed by atoms with Crippen LogP contribution in [0.25, 0.3) is 0 Å². The average molecular weight is 304 g/mol. The summed E-state index contributed by atoms with van der Waals surface area (Å²) < 4.78 is 0. The van der Waals surface area contributed by atoms with Gasteiger partial charge in [-0.1, -0.05) is 43.3 Å². The van der Waals surface area contributed by atoms with Gasteiger partial charge in [-0.2, -0.15) is 0 Å². The zero-order chi connectivity index (χ0) is 15.0. The van der Waals surface area contributed by atoms with Gasteiger partial charge in [0.25, 0.3) is 5.91 Å². The molecule has 0 bridgehead atoms. The lowest BCUT2D eigenvalue weighted by Crippen LogP contribution is -2.60. The smallest absolute Gasteiger partial charge is 0.255 e. The Morgan fingerprint density at radius 3 is 2.90 bits per heavy atom. The Morgan fingerprint density at radius 1 is 1.43 bits per heavy atom. The lowest BCUT2D eigenvalue weighted by atomic mass is 9.92. The number of anilines is 1. The van der Waals surface area contributed by atoms with Crippen molar-refractivity contribution >= 4 is 28.5 Å². The fourth-order valence-corrected chi connectivity index (χ4v) is 3.46. The third kappa shape index (κ3) is 2.27. The predicted octanol–water partition coefficient (Wildman–Crippen LogP) is 2.74. The monoisotopic (exact) mass is 304 g/mol. The first-order valence-electron chi connectivity index (χ1n) is 7.19. The summed E-state index contributed by atoms with van der Waals surface area (Å²) >= 11 is 1.45. The van der Waals surface area contributed by atoms with Crippen molar-refractivity contribution in [3.63, 3.8) is 0 Å². The lowest BCUT2D eigenvalue weighted by molar-refractivity contribution is -0.129. The van der Waals surface area contributed by atoms with E-state index >= 15 is 0 Å². The Hall–Kier alpha value is -1.69. The summed E-state index contributed by atoms with van der Waals surface area (Å²) in [6.07, 6.45) is 3.85. The zero-order valence-corrected chi connectivity index (χ0v) is 13.3. The Kier molecular flexibility index (Phi) is 3.57. The van der Waals surface area contributed by atoms with Crippen LogP contribution in [0.3, 0.4) is 0 Å². The molecular formula is C15H20N4OS. The highest BCUT2D eigenvalue weighted by Gasteiger charge is 2.46. The van der Waals surface area contributed by atoms with Gasteiger partial charge in [0.1, 0.15) is 5.66 Å². The third-order valence-electron chi connectivity index (χ3n) is 4.02. The first-order valence-corrected chi connectivity index (χ1v) is 8.41. The number of amidine groups is 1. The Balaban J connectivity index is 2.13. The molecule has 6 heteroatoms. The minimum Gasteiger partial charge on any atom is -0.361 e. The van der Waals surface area contributed by atoms with Crippen molar-refractivity contribution in [3.05, 3.63) is 29.8 Å². The number of fused-ring (bicyclic) bond motifs is 3. The van der Waals surface area contributed by atoms with Gasteiger partial charge in [-0.25, -0.2) is 0 Å². The van der Waals surface area contributed by atoms with Crippen molar-refractivity contribution in [3.8, 4) is 0 Å². The van der Waals surface area contributed by atoms with Gasteiger partial charge in [0.2, 0.25) is 0 Å². The molecule has 1 aromatic carbocycles. The number of hydrogen-bond donors (Lipinski definition) is 2. The number of thioether (sulfide) groups is 1. The summed E-state index contributed by atoms with van der Waals surface area (Å²) in [6.45, 7) is 4.26. The van der Waals surface area contributed by atoms with Crippen molar-refractivity contribution in [2.24, 2.45) is 5.10 Å². The molecule has 0 aliphatic carbocycles. The number of nitrogens with zero attached hydrogens (tertiary/aromatic N) is 2. The molecule has 3 rings (SSSR count). The third-order valence-corrected chi connectivity index (χ3v) is 4.59. The molecule has 21 heavy (non-hydrogen) atoms. The molecule has 1 aromatic rings. The van der Waals surface area contributed by atoms with E-state index in [1.165, 1.54) is 11.8 Å². The van der Waals surface area contributed by atoms with Gasteiger partial charge in [0, 0.05) is 11.3 Å². The van der Waals surface area contributed by atoms with Crippen molar-refractivity contribution in [2.75, 3.05) is 11.6 Å². The van der Waals surface area contributed by atoms with E-state index in [2.05, 4.69) is 29.6 Å². The van der Waals surface area contributed by atoms with Gasteiger partial charge >= 0.3 is 0 Å². The predicted molar refractivity (Wildman–Crippen MR) is 87.1 cm³/mol. The van der Waals surface area contributed by atoms with Crippen molar-refractivity contribution < 1.29 is 4.79 Å². The maximum absolute atomic E-state index is 12.6. The quantitative estimate of drug-likeness (QED) is 0.882. The standard InChI is InChI=1S/C15H20N4OS/c1-4-9-15(2)17-11-8-6-5-7-10(11)12-13(20)16-14(21-3)18-19(12)15/h5-8,12,17H,4,9H2,1-3H3,(H,16,18,20). The molecular weight excluding hydrogens is 284 g/mol. The molecule has 2 aliphatic heterocycles. The van der Waals surface area contributed by atoms with Crippen molar-refractivity contribution in [2.45, 2.75) is 38.4 Å². The number of rotatable bonds is 2. The summed E-state index contributed by atoms with van der Waals surface area (Å²) in [5, 5.41) is 13.7. The second-order valence-electron chi connectivity index (χ2n) is 5.58. The molecule has 0 aromatic heterocycles. The van der Waals surface area contributed by atoms with Crippen LogP contribution in [0.2, 0.25) is 0 Å². The molecule has 2 unspecified atom stereocenters.